The van der Waals surface area contributed by atoms with Crippen molar-refractivity contribution in [3.8, 4) is 0 Å². The first-order valence-corrected chi connectivity index (χ1v) is 9.19. The van der Waals surface area contributed by atoms with Gasteiger partial charge in [0.15, 0.2) is 0 Å². The molecule has 1 saturated heterocycles. The van der Waals surface area contributed by atoms with Crippen molar-refractivity contribution < 1.29 is 9.47 Å². The van der Waals surface area contributed by atoms with E-state index in [0.717, 1.165) is 26.1 Å². The summed E-state index contributed by atoms with van der Waals surface area (Å²) in [5.74, 6) is 0. The van der Waals surface area contributed by atoms with Crippen molar-refractivity contribution in [3.63, 3.8) is 0 Å². The van der Waals surface area contributed by atoms with Crippen LogP contribution in [0, 0.1) is 0 Å². The van der Waals surface area contributed by atoms with Crippen LogP contribution in [0.1, 0.15) is 6.42 Å². The van der Waals surface area contributed by atoms with Crippen molar-refractivity contribution >= 4 is 8.07 Å². The zero-order valence-electron chi connectivity index (χ0n) is 9.64. The highest BCUT2D eigenvalue weighted by molar-refractivity contribution is 6.76. The third-order valence-corrected chi connectivity index (χ3v) is 4.10. The lowest BCUT2D eigenvalue weighted by atomic mass is 10.3. The van der Waals surface area contributed by atoms with Gasteiger partial charge in [0, 0.05) is 21.2 Å². The van der Waals surface area contributed by atoms with Crippen molar-refractivity contribution in [1.29, 1.82) is 0 Å². The van der Waals surface area contributed by atoms with Crippen molar-refractivity contribution in [3.05, 3.63) is 0 Å². The van der Waals surface area contributed by atoms with Crippen LogP contribution in [0.25, 0.3) is 0 Å². The Morgan fingerprint density at radius 2 is 2.14 bits per heavy atom. The first-order chi connectivity index (χ1) is 6.58. The van der Waals surface area contributed by atoms with Crippen LogP contribution in [0.15, 0.2) is 0 Å². The zero-order chi connectivity index (χ0) is 10.4. The molecule has 1 N–H and O–H groups in total. The lowest BCUT2D eigenvalue weighted by molar-refractivity contribution is -0.0796. The molecule has 0 saturated carbocycles. The Kier molecular flexibility index (Phi) is 5.09. The summed E-state index contributed by atoms with van der Waals surface area (Å²) in [4.78, 5) is 0. The second kappa shape index (κ2) is 5.85. The lowest BCUT2D eigenvalue weighted by Crippen LogP contribution is -2.23. The minimum Gasteiger partial charge on any atom is -0.356 e. The minimum absolute atomic E-state index is 0.377. The molecule has 0 unspecified atom stereocenters. The van der Waals surface area contributed by atoms with Gasteiger partial charge in [0.25, 0.3) is 0 Å². The molecule has 1 aliphatic heterocycles. The van der Waals surface area contributed by atoms with E-state index in [1.165, 1.54) is 6.04 Å². The third kappa shape index (κ3) is 5.75. The molecule has 3 nitrogen and oxygen atoms in total. The fourth-order valence-corrected chi connectivity index (χ4v) is 2.11. The molecular formula is C10H23NO2Si. The van der Waals surface area contributed by atoms with Crippen LogP contribution in [0.5, 0.6) is 0 Å². The molecule has 0 spiro atoms. The van der Waals surface area contributed by atoms with Gasteiger partial charge in [-0.05, 0) is 19.0 Å². The van der Waals surface area contributed by atoms with E-state index < -0.39 is 8.07 Å². The van der Waals surface area contributed by atoms with E-state index in [1.54, 1.807) is 0 Å². The number of rotatable bonds is 6. The van der Waals surface area contributed by atoms with E-state index in [0.29, 0.717) is 12.9 Å². The van der Waals surface area contributed by atoms with Gasteiger partial charge in [0.05, 0.1) is 6.10 Å². The summed E-state index contributed by atoms with van der Waals surface area (Å²) in [5, 5.41) is 3.26. The molecule has 0 aliphatic carbocycles. The third-order valence-electron chi connectivity index (χ3n) is 2.40. The zero-order valence-corrected chi connectivity index (χ0v) is 10.6. The van der Waals surface area contributed by atoms with E-state index in [4.69, 9.17) is 9.47 Å². The first-order valence-electron chi connectivity index (χ1n) is 5.48. The Morgan fingerprint density at radius 3 is 2.71 bits per heavy atom. The fourth-order valence-electron chi connectivity index (χ4n) is 1.35. The van der Waals surface area contributed by atoms with E-state index in [9.17, 15) is 0 Å². The quantitative estimate of drug-likeness (QED) is 0.417. The Bertz CT molecular complexity index is 153. The number of hydrogen-bond donors (Lipinski definition) is 1. The van der Waals surface area contributed by atoms with Crippen LogP contribution in [0.2, 0.25) is 25.7 Å². The molecule has 1 aliphatic rings. The monoisotopic (exact) mass is 217 g/mol. The summed E-state index contributed by atoms with van der Waals surface area (Å²) in [7, 11) is -0.932. The highest BCUT2D eigenvalue weighted by atomic mass is 28.3. The predicted octanol–water partition coefficient (Wildman–Crippen LogP) is 1.68. The van der Waals surface area contributed by atoms with E-state index in [-0.39, 0.29) is 0 Å². The van der Waals surface area contributed by atoms with Gasteiger partial charge in [0.1, 0.15) is 6.79 Å². The summed E-state index contributed by atoms with van der Waals surface area (Å²) in [5.41, 5.74) is 0. The number of hydrogen-bond acceptors (Lipinski definition) is 3. The van der Waals surface area contributed by atoms with Gasteiger partial charge in [-0.2, -0.15) is 0 Å². The summed E-state index contributed by atoms with van der Waals surface area (Å²) in [6.07, 6.45) is 1.50. The van der Waals surface area contributed by atoms with Gasteiger partial charge in [-0.15, -0.1) is 0 Å². The molecule has 4 heteroatoms. The second-order valence-electron chi connectivity index (χ2n) is 5.12. The molecule has 1 atom stereocenters. The van der Waals surface area contributed by atoms with Gasteiger partial charge < -0.3 is 14.8 Å². The smallest absolute Gasteiger partial charge is 0.147 e. The predicted molar refractivity (Wildman–Crippen MR) is 61.3 cm³/mol. The molecule has 0 aromatic heterocycles. The number of nitrogens with one attached hydrogen (secondary N) is 1. The van der Waals surface area contributed by atoms with E-state index in [2.05, 4.69) is 25.0 Å². The van der Waals surface area contributed by atoms with Crippen LogP contribution in [0.3, 0.4) is 0 Å². The van der Waals surface area contributed by atoms with Crippen LogP contribution >= 0.6 is 0 Å². The highest BCUT2D eigenvalue weighted by Crippen LogP contribution is 2.08. The van der Waals surface area contributed by atoms with Crippen molar-refractivity contribution in [2.45, 2.75) is 38.2 Å². The molecule has 84 valence electrons. The Morgan fingerprint density at radius 1 is 1.36 bits per heavy atom. The first kappa shape index (κ1) is 12.2. The molecule has 0 bridgehead atoms. The van der Waals surface area contributed by atoms with Crippen LogP contribution in [-0.2, 0) is 9.47 Å². The molecule has 0 radical (unpaired) electrons. The standard InChI is InChI=1S/C10H23NO2Si/c1-14(2,3)7-6-12-9-13-10-4-5-11-8-10/h10-11H,4-9H2,1-3H3/t10-/m1/s1. The molecule has 0 amide bonds. The molecule has 0 aromatic carbocycles. The molecular weight excluding hydrogens is 194 g/mol. The van der Waals surface area contributed by atoms with Crippen LogP contribution < -0.4 is 5.32 Å². The maximum Gasteiger partial charge on any atom is 0.147 e. The maximum absolute atomic E-state index is 5.55. The summed E-state index contributed by atoms with van der Waals surface area (Å²) >= 11 is 0. The second-order valence-corrected chi connectivity index (χ2v) is 10.7. The topological polar surface area (TPSA) is 30.5 Å². The highest BCUT2D eigenvalue weighted by Gasteiger charge is 2.15. The molecule has 14 heavy (non-hydrogen) atoms. The van der Waals surface area contributed by atoms with Gasteiger partial charge in [-0.25, -0.2) is 0 Å². The lowest BCUT2D eigenvalue weighted by Gasteiger charge is -2.16. The van der Waals surface area contributed by atoms with Crippen LogP contribution in [-0.4, -0.2) is 40.7 Å². The van der Waals surface area contributed by atoms with Gasteiger partial charge in [-0.3, -0.25) is 0 Å². The SMILES string of the molecule is C[Si](C)(C)CCOCO[C@@H]1CCNC1. The Labute approximate surface area is 88.2 Å². The molecule has 1 rings (SSSR count). The minimum atomic E-state index is -0.932. The number of ether oxygens (including phenoxy) is 2. The van der Waals surface area contributed by atoms with Crippen molar-refractivity contribution in [2.75, 3.05) is 26.5 Å². The average molecular weight is 217 g/mol. The van der Waals surface area contributed by atoms with Gasteiger partial charge in [0.2, 0.25) is 0 Å². The van der Waals surface area contributed by atoms with Crippen molar-refractivity contribution in [2.24, 2.45) is 0 Å². The van der Waals surface area contributed by atoms with Crippen molar-refractivity contribution in [1.82, 2.24) is 5.32 Å². The fraction of sp³-hybridized carbons (Fsp3) is 1.00. The van der Waals surface area contributed by atoms with E-state index in [1.807, 2.05) is 0 Å². The molecule has 1 heterocycles. The molecule has 1 fully saturated rings. The average Bonchev–Trinajstić information content (AvgIpc) is 2.54. The largest absolute Gasteiger partial charge is 0.356 e. The maximum atomic E-state index is 5.55. The van der Waals surface area contributed by atoms with E-state index >= 15 is 0 Å². The molecule has 0 aromatic rings. The summed E-state index contributed by atoms with van der Waals surface area (Å²) in [6.45, 7) is 10.5. The normalized spacial score (nSPS) is 22.9. The van der Waals surface area contributed by atoms with Gasteiger partial charge >= 0.3 is 0 Å². The van der Waals surface area contributed by atoms with Gasteiger partial charge in [-0.1, -0.05) is 19.6 Å². The Balaban J connectivity index is 1.89. The van der Waals surface area contributed by atoms with Crippen LogP contribution in [0.4, 0.5) is 0 Å². The summed E-state index contributed by atoms with van der Waals surface area (Å²) < 4.78 is 11.0. The summed E-state index contributed by atoms with van der Waals surface area (Å²) in [6, 6.07) is 1.22. The Hall–Kier alpha value is 0.0969.